The SMILES string of the molecule is CN(C)C(=O)N1CCCC(NC(=O)[C@@H]2CCCO2)C1COC1CCN(c2ncccn2)CC1. The van der Waals surface area contributed by atoms with Gasteiger partial charge in [-0.25, -0.2) is 14.8 Å². The molecule has 10 heteroatoms. The summed E-state index contributed by atoms with van der Waals surface area (Å²) in [5.74, 6) is 0.681. The van der Waals surface area contributed by atoms with Gasteiger partial charge in [0.2, 0.25) is 11.9 Å². The van der Waals surface area contributed by atoms with Crippen molar-refractivity contribution in [2.24, 2.45) is 0 Å². The minimum Gasteiger partial charge on any atom is -0.376 e. The Morgan fingerprint density at radius 1 is 1.12 bits per heavy atom. The Balaban J connectivity index is 1.36. The predicted molar refractivity (Wildman–Crippen MR) is 123 cm³/mol. The molecule has 3 fully saturated rings. The third-order valence-corrected chi connectivity index (χ3v) is 6.74. The molecule has 0 spiro atoms. The highest BCUT2D eigenvalue weighted by Gasteiger charge is 2.38. The van der Waals surface area contributed by atoms with Gasteiger partial charge < -0.3 is 29.5 Å². The van der Waals surface area contributed by atoms with Crippen LogP contribution >= 0.6 is 0 Å². The van der Waals surface area contributed by atoms with Crippen molar-refractivity contribution >= 4 is 17.9 Å². The van der Waals surface area contributed by atoms with E-state index in [1.54, 1.807) is 31.4 Å². The van der Waals surface area contributed by atoms with Crippen molar-refractivity contribution in [3.8, 4) is 0 Å². The van der Waals surface area contributed by atoms with Gasteiger partial charge in [0.05, 0.1) is 24.8 Å². The number of amides is 3. The average Bonchev–Trinajstić information content (AvgIpc) is 3.39. The van der Waals surface area contributed by atoms with Gasteiger partial charge in [0, 0.05) is 52.7 Å². The Kier molecular flexibility index (Phi) is 7.97. The van der Waals surface area contributed by atoms with Gasteiger partial charge in [-0.1, -0.05) is 0 Å². The van der Waals surface area contributed by atoms with E-state index in [4.69, 9.17) is 9.47 Å². The highest BCUT2D eigenvalue weighted by Crippen LogP contribution is 2.23. The first-order valence-electron chi connectivity index (χ1n) is 12.1. The lowest BCUT2D eigenvalue weighted by Gasteiger charge is -2.43. The molecule has 182 valence electrons. The van der Waals surface area contributed by atoms with E-state index in [0.717, 1.165) is 57.6 Å². The van der Waals surface area contributed by atoms with Gasteiger partial charge in [-0.05, 0) is 44.6 Å². The standard InChI is InChI=1S/C23H36N6O4/c1-27(2)23(31)29-12-3-6-18(26-21(30)20-7-4-15-32-20)19(29)16-33-17-8-13-28(14-9-17)22-24-10-5-11-25-22/h5,10-11,17-20H,3-4,6-9,12-16H2,1-2H3,(H,26,30)/t18?,19?,20-/m0/s1. The molecule has 0 saturated carbocycles. The number of carbonyl (C=O) groups is 2. The molecule has 3 amide bonds. The summed E-state index contributed by atoms with van der Waals surface area (Å²) in [5.41, 5.74) is 0. The van der Waals surface area contributed by atoms with Crippen molar-refractivity contribution in [1.82, 2.24) is 25.1 Å². The fourth-order valence-corrected chi connectivity index (χ4v) is 4.90. The summed E-state index contributed by atoms with van der Waals surface area (Å²) in [6, 6.07) is 1.43. The monoisotopic (exact) mass is 460 g/mol. The van der Waals surface area contributed by atoms with E-state index in [1.807, 2.05) is 11.0 Å². The maximum atomic E-state index is 12.9. The molecule has 3 aliphatic heterocycles. The van der Waals surface area contributed by atoms with Crippen molar-refractivity contribution in [3.63, 3.8) is 0 Å². The van der Waals surface area contributed by atoms with Crippen LogP contribution in [0.15, 0.2) is 18.5 Å². The van der Waals surface area contributed by atoms with E-state index >= 15 is 0 Å². The van der Waals surface area contributed by atoms with Crippen LogP contribution in [0.1, 0.15) is 38.5 Å². The van der Waals surface area contributed by atoms with Crippen molar-refractivity contribution in [3.05, 3.63) is 18.5 Å². The summed E-state index contributed by atoms with van der Waals surface area (Å²) >= 11 is 0. The number of carbonyl (C=O) groups excluding carboxylic acids is 2. The van der Waals surface area contributed by atoms with Crippen LogP contribution < -0.4 is 10.2 Å². The zero-order valence-corrected chi connectivity index (χ0v) is 19.7. The van der Waals surface area contributed by atoms with Crippen LogP contribution in [-0.2, 0) is 14.3 Å². The van der Waals surface area contributed by atoms with Crippen molar-refractivity contribution in [1.29, 1.82) is 0 Å². The minimum atomic E-state index is -0.379. The highest BCUT2D eigenvalue weighted by molar-refractivity contribution is 5.81. The number of urea groups is 1. The van der Waals surface area contributed by atoms with Gasteiger partial charge in [0.15, 0.2) is 0 Å². The number of hydrogen-bond donors (Lipinski definition) is 1. The lowest BCUT2D eigenvalue weighted by molar-refractivity contribution is -0.132. The maximum absolute atomic E-state index is 12.9. The van der Waals surface area contributed by atoms with Gasteiger partial charge >= 0.3 is 6.03 Å². The van der Waals surface area contributed by atoms with E-state index in [1.165, 1.54) is 0 Å². The molecular formula is C23H36N6O4. The average molecular weight is 461 g/mol. The van der Waals surface area contributed by atoms with Crippen LogP contribution in [-0.4, -0.2) is 103 Å². The third-order valence-electron chi connectivity index (χ3n) is 6.74. The van der Waals surface area contributed by atoms with E-state index in [2.05, 4.69) is 20.2 Å². The van der Waals surface area contributed by atoms with Crippen LogP contribution in [0, 0.1) is 0 Å². The Hall–Kier alpha value is -2.46. The number of anilines is 1. The summed E-state index contributed by atoms with van der Waals surface area (Å²) in [4.78, 5) is 39.9. The van der Waals surface area contributed by atoms with Gasteiger partial charge in [0.1, 0.15) is 6.10 Å². The number of nitrogens with one attached hydrogen (secondary N) is 1. The lowest BCUT2D eigenvalue weighted by atomic mass is 9.96. The van der Waals surface area contributed by atoms with Crippen LogP contribution in [0.4, 0.5) is 10.7 Å². The maximum Gasteiger partial charge on any atom is 0.319 e. The molecule has 0 bridgehead atoms. The zero-order chi connectivity index (χ0) is 23.2. The molecule has 1 aromatic heterocycles. The topological polar surface area (TPSA) is 100 Å². The Labute approximate surface area is 195 Å². The van der Waals surface area contributed by atoms with Crippen molar-refractivity contribution in [2.75, 3.05) is 51.8 Å². The summed E-state index contributed by atoms with van der Waals surface area (Å²) in [7, 11) is 3.52. The largest absolute Gasteiger partial charge is 0.376 e. The second-order valence-corrected chi connectivity index (χ2v) is 9.27. The van der Waals surface area contributed by atoms with Gasteiger partial charge in [-0.15, -0.1) is 0 Å². The van der Waals surface area contributed by atoms with Crippen molar-refractivity contribution in [2.45, 2.75) is 62.8 Å². The quantitative estimate of drug-likeness (QED) is 0.682. The minimum absolute atomic E-state index is 0.0456. The molecule has 2 unspecified atom stereocenters. The second kappa shape index (κ2) is 11.1. The number of nitrogens with zero attached hydrogens (tertiary/aromatic N) is 5. The van der Waals surface area contributed by atoms with Crippen LogP contribution in [0.5, 0.6) is 0 Å². The highest BCUT2D eigenvalue weighted by atomic mass is 16.5. The van der Waals surface area contributed by atoms with Gasteiger partial charge in [-0.3, -0.25) is 4.79 Å². The molecule has 1 aromatic rings. The number of aromatic nitrogens is 2. The molecular weight excluding hydrogens is 424 g/mol. The molecule has 0 aliphatic carbocycles. The Bertz CT molecular complexity index is 780. The number of ether oxygens (including phenoxy) is 2. The lowest BCUT2D eigenvalue weighted by Crippen LogP contribution is -2.61. The second-order valence-electron chi connectivity index (χ2n) is 9.27. The number of piperidine rings is 2. The normalized spacial score (nSPS) is 26.3. The smallest absolute Gasteiger partial charge is 0.319 e. The van der Waals surface area contributed by atoms with Crippen LogP contribution in [0.3, 0.4) is 0 Å². The first-order valence-corrected chi connectivity index (χ1v) is 12.1. The first kappa shape index (κ1) is 23.7. The van der Waals surface area contributed by atoms with Crippen LogP contribution in [0.25, 0.3) is 0 Å². The van der Waals surface area contributed by atoms with Crippen LogP contribution in [0.2, 0.25) is 0 Å². The molecule has 1 N–H and O–H groups in total. The molecule has 3 aliphatic rings. The molecule has 4 rings (SSSR count). The molecule has 3 atom stereocenters. The summed E-state index contributed by atoms with van der Waals surface area (Å²) in [6.45, 7) is 3.37. The Morgan fingerprint density at radius 3 is 2.55 bits per heavy atom. The molecule has 0 aromatic carbocycles. The van der Waals surface area contributed by atoms with Gasteiger partial charge in [-0.2, -0.15) is 0 Å². The molecule has 0 radical (unpaired) electrons. The third kappa shape index (κ3) is 5.92. The summed E-state index contributed by atoms with van der Waals surface area (Å²) < 4.78 is 11.9. The molecule has 33 heavy (non-hydrogen) atoms. The molecule has 3 saturated heterocycles. The van der Waals surface area contributed by atoms with E-state index in [9.17, 15) is 9.59 Å². The van der Waals surface area contributed by atoms with E-state index in [-0.39, 0.29) is 36.2 Å². The summed E-state index contributed by atoms with van der Waals surface area (Å²) in [5, 5.41) is 3.17. The first-order chi connectivity index (χ1) is 16.0. The Morgan fingerprint density at radius 2 is 1.88 bits per heavy atom. The van der Waals surface area contributed by atoms with Crippen molar-refractivity contribution < 1.29 is 19.1 Å². The summed E-state index contributed by atoms with van der Waals surface area (Å²) in [6.07, 6.45) is 8.34. The zero-order valence-electron chi connectivity index (χ0n) is 19.7. The van der Waals surface area contributed by atoms with Gasteiger partial charge in [0.25, 0.3) is 0 Å². The van der Waals surface area contributed by atoms with E-state index < -0.39 is 0 Å². The predicted octanol–water partition coefficient (Wildman–Crippen LogP) is 1.27. The molecule has 10 nitrogen and oxygen atoms in total. The number of hydrogen-bond acceptors (Lipinski definition) is 7. The fraction of sp³-hybridized carbons (Fsp3) is 0.739. The van der Waals surface area contributed by atoms with E-state index in [0.29, 0.717) is 19.8 Å². The molecule has 4 heterocycles. The number of likely N-dealkylation sites (tertiary alicyclic amines) is 1. The fourth-order valence-electron chi connectivity index (χ4n) is 4.90. The number of rotatable bonds is 6.